The predicted octanol–water partition coefficient (Wildman–Crippen LogP) is 5.99. The Morgan fingerprint density at radius 3 is 2.62 bits per heavy atom. The summed E-state index contributed by atoms with van der Waals surface area (Å²) in [7, 11) is 0. The summed E-state index contributed by atoms with van der Waals surface area (Å²) in [6, 6.07) is 15.7. The van der Waals surface area contributed by atoms with E-state index in [9.17, 15) is 9.59 Å². The highest BCUT2D eigenvalue weighted by atomic mass is 32.1. The van der Waals surface area contributed by atoms with Crippen molar-refractivity contribution in [1.82, 2.24) is 0 Å². The number of hydrogen-bond donors (Lipinski definition) is 0. The van der Waals surface area contributed by atoms with Gasteiger partial charge in [0.1, 0.15) is 28.2 Å². The maximum Gasteiger partial charge on any atom is 0.353 e. The average Bonchev–Trinajstić information content (AvgIpc) is 3.25. The van der Waals surface area contributed by atoms with Gasteiger partial charge < -0.3 is 13.9 Å². The summed E-state index contributed by atoms with van der Waals surface area (Å²) in [5.41, 5.74) is 1.03. The van der Waals surface area contributed by atoms with Crippen LogP contribution in [0.25, 0.3) is 11.0 Å². The monoisotopic (exact) mass is 406 g/mol. The molecule has 0 aliphatic rings. The summed E-state index contributed by atoms with van der Waals surface area (Å²) in [5, 5.41) is 2.15. The molecule has 29 heavy (non-hydrogen) atoms. The van der Waals surface area contributed by atoms with Gasteiger partial charge in [-0.25, -0.2) is 4.79 Å². The van der Waals surface area contributed by atoms with Crippen molar-refractivity contribution >= 4 is 28.3 Å². The van der Waals surface area contributed by atoms with E-state index in [0.717, 1.165) is 5.56 Å². The first-order valence-electron chi connectivity index (χ1n) is 9.11. The Labute approximate surface area is 171 Å². The number of esters is 1. The molecule has 2 aromatic heterocycles. The molecule has 6 heteroatoms. The van der Waals surface area contributed by atoms with Gasteiger partial charge in [-0.3, -0.25) is 4.79 Å². The molecule has 0 spiro atoms. The van der Waals surface area contributed by atoms with Crippen molar-refractivity contribution in [3.05, 3.63) is 86.9 Å². The quantitative estimate of drug-likeness (QED) is 0.301. The minimum absolute atomic E-state index is 0.105. The largest absolute Gasteiger partial charge is 0.460 e. The summed E-state index contributed by atoms with van der Waals surface area (Å²) in [4.78, 5) is 25.4. The molecule has 0 N–H and O–H groups in total. The molecule has 0 aliphatic carbocycles. The van der Waals surface area contributed by atoms with Crippen molar-refractivity contribution in [2.75, 3.05) is 0 Å². The van der Waals surface area contributed by atoms with Crippen LogP contribution in [0, 0.1) is 0 Å². The zero-order valence-electron chi connectivity index (χ0n) is 15.9. The minimum Gasteiger partial charge on any atom is -0.460 e. The van der Waals surface area contributed by atoms with Gasteiger partial charge in [0.05, 0.1) is 5.39 Å². The van der Waals surface area contributed by atoms with E-state index in [1.54, 1.807) is 29.6 Å². The molecule has 0 saturated heterocycles. The molecule has 2 heterocycles. The maximum atomic E-state index is 12.8. The fraction of sp³-hybridized carbons (Fsp3) is 0.130. The lowest BCUT2D eigenvalue weighted by Crippen LogP contribution is -2.08. The highest BCUT2D eigenvalue weighted by Crippen LogP contribution is 2.30. The average molecular weight is 406 g/mol. The molecule has 146 valence electrons. The topological polar surface area (TPSA) is 65.7 Å². The predicted molar refractivity (Wildman–Crippen MR) is 112 cm³/mol. The molecule has 0 saturated carbocycles. The first-order chi connectivity index (χ1) is 14.0. The van der Waals surface area contributed by atoms with E-state index >= 15 is 0 Å². The number of ether oxygens (including phenoxy) is 2. The maximum absolute atomic E-state index is 12.8. The van der Waals surface area contributed by atoms with Gasteiger partial charge in [-0.15, -0.1) is 11.3 Å². The van der Waals surface area contributed by atoms with E-state index in [0.29, 0.717) is 27.3 Å². The van der Waals surface area contributed by atoms with E-state index in [2.05, 4.69) is 13.8 Å². The van der Waals surface area contributed by atoms with Crippen LogP contribution in [0.15, 0.2) is 75.5 Å². The number of para-hydroxylation sites is 1. The van der Waals surface area contributed by atoms with Crippen molar-refractivity contribution in [1.29, 1.82) is 0 Å². The molecule has 0 bridgehead atoms. The Bertz CT molecular complexity index is 1220. The normalized spacial score (nSPS) is 11.0. The molecule has 0 radical (unpaired) electrons. The van der Waals surface area contributed by atoms with Crippen LogP contribution >= 0.6 is 11.3 Å². The Kier molecular flexibility index (Phi) is 5.18. The number of carbonyl (C=O) groups is 1. The van der Waals surface area contributed by atoms with Crippen LogP contribution in [-0.2, 0) is 0 Å². The molecule has 0 unspecified atom stereocenters. The number of thiophene rings is 1. The number of fused-ring (bicyclic) bond motifs is 1. The highest BCUT2D eigenvalue weighted by molar-refractivity contribution is 7.12. The van der Waals surface area contributed by atoms with Gasteiger partial charge in [0.2, 0.25) is 11.2 Å². The number of hydrogen-bond acceptors (Lipinski definition) is 6. The third-order valence-electron chi connectivity index (χ3n) is 4.41. The van der Waals surface area contributed by atoms with Gasteiger partial charge >= 0.3 is 5.97 Å². The van der Waals surface area contributed by atoms with Crippen LogP contribution in [0.3, 0.4) is 0 Å². The molecular formula is C23H18O5S. The van der Waals surface area contributed by atoms with Crippen molar-refractivity contribution in [2.24, 2.45) is 0 Å². The van der Waals surface area contributed by atoms with Crippen molar-refractivity contribution < 1.29 is 18.7 Å². The molecule has 4 aromatic rings. The lowest BCUT2D eigenvalue weighted by Gasteiger charge is -2.13. The fourth-order valence-corrected chi connectivity index (χ4v) is 3.54. The number of benzene rings is 2. The van der Waals surface area contributed by atoms with Crippen molar-refractivity contribution in [3.8, 4) is 17.2 Å². The van der Waals surface area contributed by atoms with Gasteiger partial charge in [-0.1, -0.05) is 38.1 Å². The van der Waals surface area contributed by atoms with Crippen LogP contribution in [0.4, 0.5) is 0 Å². The van der Waals surface area contributed by atoms with E-state index in [4.69, 9.17) is 13.9 Å². The van der Waals surface area contributed by atoms with Gasteiger partial charge in [0.15, 0.2) is 0 Å². The van der Waals surface area contributed by atoms with Crippen LogP contribution in [0.5, 0.6) is 17.2 Å². The Morgan fingerprint density at radius 1 is 1.03 bits per heavy atom. The SMILES string of the molecule is CC(C)c1ccccc1Oc1coc2cc(OC(=O)c3cccs3)ccc2c1=O. The van der Waals surface area contributed by atoms with Crippen molar-refractivity contribution in [3.63, 3.8) is 0 Å². The van der Waals surface area contributed by atoms with E-state index in [1.807, 2.05) is 24.3 Å². The summed E-state index contributed by atoms with van der Waals surface area (Å²) in [6.45, 7) is 4.12. The highest BCUT2D eigenvalue weighted by Gasteiger charge is 2.15. The third kappa shape index (κ3) is 3.93. The van der Waals surface area contributed by atoms with E-state index in [-0.39, 0.29) is 17.1 Å². The van der Waals surface area contributed by atoms with Crippen LogP contribution < -0.4 is 14.9 Å². The minimum atomic E-state index is -0.452. The smallest absolute Gasteiger partial charge is 0.353 e. The first-order valence-corrected chi connectivity index (χ1v) is 9.99. The summed E-state index contributed by atoms with van der Waals surface area (Å²) in [6.07, 6.45) is 1.28. The second kappa shape index (κ2) is 7.93. The summed E-state index contributed by atoms with van der Waals surface area (Å²) in [5.74, 6) is 0.827. The van der Waals surface area contributed by atoms with Gasteiger partial charge in [0.25, 0.3) is 0 Å². The Balaban J connectivity index is 1.63. The summed E-state index contributed by atoms with van der Waals surface area (Å²) >= 11 is 1.30. The van der Waals surface area contributed by atoms with E-state index < -0.39 is 5.97 Å². The lowest BCUT2D eigenvalue weighted by molar-refractivity contribution is 0.0740. The molecule has 5 nitrogen and oxygen atoms in total. The third-order valence-corrected chi connectivity index (χ3v) is 5.26. The Hall–Kier alpha value is -3.38. The first kappa shape index (κ1) is 19.0. The van der Waals surface area contributed by atoms with Crippen LogP contribution in [0.1, 0.15) is 35.0 Å². The zero-order chi connectivity index (χ0) is 20.4. The number of carbonyl (C=O) groups excluding carboxylic acids is 1. The van der Waals surface area contributed by atoms with Gasteiger partial charge in [0, 0.05) is 6.07 Å². The Morgan fingerprint density at radius 2 is 1.86 bits per heavy atom. The molecule has 0 fully saturated rings. The zero-order valence-corrected chi connectivity index (χ0v) is 16.7. The van der Waals surface area contributed by atoms with Gasteiger partial charge in [-0.05, 0) is 41.1 Å². The van der Waals surface area contributed by atoms with Gasteiger partial charge in [-0.2, -0.15) is 0 Å². The number of rotatable bonds is 5. The van der Waals surface area contributed by atoms with Crippen molar-refractivity contribution in [2.45, 2.75) is 19.8 Å². The molecule has 4 rings (SSSR count). The standard InChI is InChI=1S/C23H18O5S/c1-14(2)16-6-3-4-7-18(16)28-20-13-26-19-12-15(9-10-17(19)22(20)24)27-23(25)21-8-5-11-29-21/h3-14H,1-2H3. The molecular weight excluding hydrogens is 388 g/mol. The molecule has 0 amide bonds. The molecule has 0 atom stereocenters. The van der Waals surface area contributed by atoms with Crippen LogP contribution in [0.2, 0.25) is 0 Å². The van der Waals surface area contributed by atoms with Crippen LogP contribution in [-0.4, -0.2) is 5.97 Å². The summed E-state index contributed by atoms with van der Waals surface area (Å²) < 4.78 is 16.8. The molecule has 0 aliphatic heterocycles. The second-order valence-corrected chi connectivity index (χ2v) is 7.70. The fourth-order valence-electron chi connectivity index (χ4n) is 2.95. The second-order valence-electron chi connectivity index (χ2n) is 6.75. The molecule has 2 aromatic carbocycles. The lowest BCUT2D eigenvalue weighted by atomic mass is 10.0. The van der Waals surface area contributed by atoms with E-state index in [1.165, 1.54) is 23.7 Å².